The summed E-state index contributed by atoms with van der Waals surface area (Å²) in [5, 5.41) is 0. The molecule has 0 amide bonds. The molecule has 1 aromatic heterocycles. The van der Waals surface area contributed by atoms with E-state index in [1.807, 2.05) is 6.20 Å². The molecule has 100 valence electrons. The third-order valence-electron chi connectivity index (χ3n) is 3.20. The van der Waals surface area contributed by atoms with Gasteiger partial charge in [-0.05, 0) is 6.92 Å². The molecule has 0 bridgehead atoms. The number of nitrogens with zero attached hydrogens (tertiary/aromatic N) is 3. The fraction of sp³-hybridized carbons (Fsp3) is 0.667. The largest absolute Gasteiger partial charge is 0.468 e. The van der Waals surface area contributed by atoms with Crippen LogP contribution in [0.25, 0.3) is 0 Å². The van der Waals surface area contributed by atoms with Gasteiger partial charge in [0.15, 0.2) is 0 Å². The molecule has 2 heterocycles. The standard InChI is InChI=1S/C12H19N3O3/c1-3-14-5-4-13-11(14)8-15-6-7-18-9-10(15)12(16)17-2/h4-5,10H,3,6-9H2,1-2H3. The highest BCUT2D eigenvalue weighted by Gasteiger charge is 2.30. The van der Waals surface area contributed by atoms with Gasteiger partial charge < -0.3 is 14.0 Å². The SMILES string of the molecule is CCn1ccnc1CN1CCOCC1C(=O)OC. The summed E-state index contributed by atoms with van der Waals surface area (Å²) in [7, 11) is 1.40. The van der Waals surface area contributed by atoms with Gasteiger partial charge >= 0.3 is 5.97 Å². The van der Waals surface area contributed by atoms with Gasteiger partial charge in [0.25, 0.3) is 0 Å². The fourth-order valence-corrected chi connectivity index (χ4v) is 2.14. The molecule has 0 radical (unpaired) electrons. The van der Waals surface area contributed by atoms with Gasteiger partial charge in [-0.2, -0.15) is 0 Å². The van der Waals surface area contributed by atoms with Crippen molar-refractivity contribution in [1.29, 1.82) is 0 Å². The zero-order valence-electron chi connectivity index (χ0n) is 10.8. The number of ether oxygens (including phenoxy) is 2. The molecular formula is C12H19N3O3. The molecule has 1 fully saturated rings. The van der Waals surface area contributed by atoms with Crippen molar-refractivity contribution in [2.45, 2.75) is 26.1 Å². The average Bonchev–Trinajstić information content (AvgIpc) is 2.86. The van der Waals surface area contributed by atoms with E-state index in [2.05, 4.69) is 21.4 Å². The summed E-state index contributed by atoms with van der Waals surface area (Å²) in [5.41, 5.74) is 0. The number of hydrogen-bond acceptors (Lipinski definition) is 5. The molecule has 0 aromatic carbocycles. The van der Waals surface area contributed by atoms with Gasteiger partial charge in [0.1, 0.15) is 11.9 Å². The van der Waals surface area contributed by atoms with Gasteiger partial charge in [-0.1, -0.05) is 0 Å². The summed E-state index contributed by atoms with van der Waals surface area (Å²) in [5.74, 6) is 0.720. The number of carbonyl (C=O) groups is 1. The summed E-state index contributed by atoms with van der Waals surface area (Å²) in [6.07, 6.45) is 3.73. The van der Waals surface area contributed by atoms with Crippen molar-refractivity contribution in [3.63, 3.8) is 0 Å². The van der Waals surface area contributed by atoms with Crippen molar-refractivity contribution in [3.8, 4) is 0 Å². The van der Waals surface area contributed by atoms with Gasteiger partial charge in [0, 0.05) is 25.5 Å². The van der Waals surface area contributed by atoms with Crippen LogP contribution in [0.1, 0.15) is 12.7 Å². The van der Waals surface area contributed by atoms with Crippen molar-refractivity contribution < 1.29 is 14.3 Å². The van der Waals surface area contributed by atoms with Crippen LogP contribution in [0.5, 0.6) is 0 Å². The number of aromatic nitrogens is 2. The molecule has 0 aliphatic carbocycles. The Morgan fingerprint density at radius 1 is 1.67 bits per heavy atom. The van der Waals surface area contributed by atoms with Crippen molar-refractivity contribution in [2.24, 2.45) is 0 Å². The molecule has 0 saturated carbocycles. The van der Waals surface area contributed by atoms with E-state index in [-0.39, 0.29) is 12.0 Å². The molecule has 1 atom stereocenters. The van der Waals surface area contributed by atoms with E-state index in [4.69, 9.17) is 9.47 Å². The topological polar surface area (TPSA) is 56.6 Å². The monoisotopic (exact) mass is 253 g/mol. The van der Waals surface area contributed by atoms with E-state index in [1.54, 1.807) is 6.20 Å². The van der Waals surface area contributed by atoms with Crippen LogP contribution in [0.4, 0.5) is 0 Å². The Balaban J connectivity index is 2.08. The molecule has 1 unspecified atom stereocenters. The van der Waals surface area contributed by atoms with Crippen LogP contribution in [0.15, 0.2) is 12.4 Å². The highest BCUT2D eigenvalue weighted by Crippen LogP contribution is 2.12. The maximum Gasteiger partial charge on any atom is 0.325 e. The number of esters is 1. The lowest BCUT2D eigenvalue weighted by molar-refractivity contribution is -0.153. The second kappa shape index (κ2) is 5.97. The van der Waals surface area contributed by atoms with Crippen LogP contribution in [-0.2, 0) is 27.4 Å². The molecule has 18 heavy (non-hydrogen) atoms. The molecule has 1 aliphatic rings. The number of rotatable bonds is 4. The number of methoxy groups -OCH3 is 1. The van der Waals surface area contributed by atoms with E-state index in [0.29, 0.717) is 19.8 Å². The van der Waals surface area contributed by atoms with Crippen LogP contribution < -0.4 is 0 Å². The van der Waals surface area contributed by atoms with E-state index in [9.17, 15) is 4.79 Å². The minimum absolute atomic E-state index is 0.246. The molecule has 0 spiro atoms. The zero-order chi connectivity index (χ0) is 13.0. The van der Waals surface area contributed by atoms with Gasteiger partial charge in [-0.15, -0.1) is 0 Å². The fourth-order valence-electron chi connectivity index (χ4n) is 2.14. The normalized spacial score (nSPS) is 20.9. The molecule has 6 heteroatoms. The van der Waals surface area contributed by atoms with Crippen molar-refractivity contribution >= 4 is 5.97 Å². The lowest BCUT2D eigenvalue weighted by Gasteiger charge is -2.33. The number of hydrogen-bond donors (Lipinski definition) is 0. The third kappa shape index (κ3) is 2.70. The summed E-state index contributed by atoms with van der Waals surface area (Å²) in [6, 6.07) is -0.328. The Hall–Kier alpha value is -1.40. The van der Waals surface area contributed by atoms with E-state index in [0.717, 1.165) is 18.9 Å². The minimum Gasteiger partial charge on any atom is -0.468 e. The van der Waals surface area contributed by atoms with Crippen LogP contribution in [0.2, 0.25) is 0 Å². The molecule has 0 N–H and O–H groups in total. The van der Waals surface area contributed by atoms with Crippen LogP contribution in [0.3, 0.4) is 0 Å². The Bertz CT molecular complexity index is 405. The first-order chi connectivity index (χ1) is 8.76. The minimum atomic E-state index is -0.328. The predicted molar refractivity (Wildman–Crippen MR) is 64.9 cm³/mol. The quantitative estimate of drug-likeness (QED) is 0.721. The highest BCUT2D eigenvalue weighted by atomic mass is 16.5. The van der Waals surface area contributed by atoms with Crippen molar-refractivity contribution in [1.82, 2.24) is 14.5 Å². The number of morpholine rings is 1. The first kappa shape index (κ1) is 13.0. The van der Waals surface area contributed by atoms with Gasteiger partial charge in [0.05, 0.1) is 26.9 Å². The molecule has 2 rings (SSSR count). The Morgan fingerprint density at radius 3 is 3.22 bits per heavy atom. The van der Waals surface area contributed by atoms with Gasteiger partial charge in [-0.3, -0.25) is 9.69 Å². The lowest BCUT2D eigenvalue weighted by Crippen LogP contribution is -2.50. The number of carbonyl (C=O) groups excluding carboxylic acids is 1. The van der Waals surface area contributed by atoms with Crippen LogP contribution in [0, 0.1) is 0 Å². The number of aryl methyl sites for hydroxylation is 1. The Kier molecular flexibility index (Phi) is 4.33. The van der Waals surface area contributed by atoms with Crippen LogP contribution in [-0.4, -0.2) is 53.3 Å². The Labute approximate surface area is 106 Å². The highest BCUT2D eigenvalue weighted by molar-refractivity contribution is 5.75. The summed E-state index contributed by atoms with van der Waals surface area (Å²) >= 11 is 0. The maximum absolute atomic E-state index is 11.7. The maximum atomic E-state index is 11.7. The number of imidazole rings is 1. The van der Waals surface area contributed by atoms with E-state index >= 15 is 0 Å². The first-order valence-corrected chi connectivity index (χ1v) is 6.16. The molecule has 1 saturated heterocycles. The van der Waals surface area contributed by atoms with Crippen LogP contribution >= 0.6 is 0 Å². The third-order valence-corrected chi connectivity index (χ3v) is 3.20. The molecule has 6 nitrogen and oxygen atoms in total. The summed E-state index contributed by atoms with van der Waals surface area (Å²) in [6.45, 7) is 5.34. The second-order valence-electron chi connectivity index (χ2n) is 4.21. The summed E-state index contributed by atoms with van der Waals surface area (Å²) < 4.78 is 12.2. The van der Waals surface area contributed by atoms with E-state index < -0.39 is 0 Å². The second-order valence-corrected chi connectivity index (χ2v) is 4.21. The first-order valence-electron chi connectivity index (χ1n) is 6.16. The van der Waals surface area contributed by atoms with Gasteiger partial charge in [-0.25, -0.2) is 4.98 Å². The zero-order valence-corrected chi connectivity index (χ0v) is 10.8. The van der Waals surface area contributed by atoms with E-state index in [1.165, 1.54) is 7.11 Å². The molecular weight excluding hydrogens is 234 g/mol. The Morgan fingerprint density at radius 2 is 2.50 bits per heavy atom. The predicted octanol–water partition coefficient (Wildman–Crippen LogP) is 0.277. The van der Waals surface area contributed by atoms with Gasteiger partial charge in [0.2, 0.25) is 0 Å². The smallest absolute Gasteiger partial charge is 0.325 e. The van der Waals surface area contributed by atoms with Crippen molar-refractivity contribution in [2.75, 3.05) is 26.9 Å². The molecule has 1 aliphatic heterocycles. The van der Waals surface area contributed by atoms with Crippen molar-refractivity contribution in [3.05, 3.63) is 18.2 Å². The lowest BCUT2D eigenvalue weighted by atomic mass is 10.2. The summed E-state index contributed by atoms with van der Waals surface area (Å²) in [4.78, 5) is 18.1. The average molecular weight is 253 g/mol. The molecule has 1 aromatic rings.